The molecule has 0 fully saturated rings. The monoisotopic (exact) mass is 413 g/mol. The molecule has 0 saturated heterocycles. The summed E-state index contributed by atoms with van der Waals surface area (Å²) < 4.78 is 7.41. The van der Waals surface area contributed by atoms with Crippen molar-refractivity contribution in [1.29, 1.82) is 0 Å². The van der Waals surface area contributed by atoms with Gasteiger partial charge in [-0.25, -0.2) is 4.98 Å². The van der Waals surface area contributed by atoms with Crippen molar-refractivity contribution in [2.24, 2.45) is 0 Å². The number of allylic oxidation sites excluding steroid dienone is 1. The normalized spacial score (nSPS) is 20.4. The number of benzene rings is 1. The van der Waals surface area contributed by atoms with Crippen LogP contribution in [0.4, 0.5) is 5.95 Å². The van der Waals surface area contributed by atoms with Crippen LogP contribution in [0.25, 0.3) is 16.8 Å². The molecule has 3 aromatic rings. The molecule has 1 aromatic carbocycles. The zero-order valence-electron chi connectivity index (χ0n) is 18.1. The van der Waals surface area contributed by atoms with Gasteiger partial charge < -0.3 is 10.1 Å². The summed E-state index contributed by atoms with van der Waals surface area (Å²) in [7, 11) is 0. The first-order chi connectivity index (χ1) is 15.2. The van der Waals surface area contributed by atoms with Crippen LogP contribution in [-0.2, 0) is 11.2 Å². The summed E-state index contributed by atoms with van der Waals surface area (Å²) in [4.78, 5) is 9.76. The highest BCUT2D eigenvalue weighted by Gasteiger charge is 2.29. The van der Waals surface area contributed by atoms with E-state index < -0.39 is 0 Å². The van der Waals surface area contributed by atoms with Crippen molar-refractivity contribution in [3.63, 3.8) is 0 Å². The smallest absolute Gasteiger partial charge is 0.228 e. The summed E-state index contributed by atoms with van der Waals surface area (Å²) in [5, 5.41) is 8.37. The molecule has 0 unspecified atom stereocenters. The quantitative estimate of drug-likeness (QED) is 0.675. The van der Waals surface area contributed by atoms with E-state index in [1.807, 2.05) is 10.7 Å². The summed E-state index contributed by atoms with van der Waals surface area (Å²) in [6.45, 7) is 5.55. The van der Waals surface area contributed by atoms with E-state index in [0.29, 0.717) is 25.2 Å². The van der Waals surface area contributed by atoms with E-state index in [9.17, 15) is 0 Å². The van der Waals surface area contributed by atoms with Gasteiger partial charge in [0.25, 0.3) is 0 Å². The van der Waals surface area contributed by atoms with Gasteiger partial charge in [0.15, 0.2) is 11.5 Å². The molecule has 3 heterocycles. The molecule has 0 radical (unpaired) electrons. The van der Waals surface area contributed by atoms with Crippen LogP contribution in [-0.4, -0.2) is 38.8 Å². The van der Waals surface area contributed by atoms with Gasteiger partial charge in [-0.15, -0.1) is 0 Å². The van der Waals surface area contributed by atoms with Crippen molar-refractivity contribution in [3.05, 3.63) is 64.6 Å². The zero-order valence-corrected chi connectivity index (χ0v) is 18.1. The fourth-order valence-corrected chi connectivity index (χ4v) is 5.07. The number of hydrogen-bond acceptors (Lipinski definition) is 5. The van der Waals surface area contributed by atoms with Gasteiger partial charge in [-0.3, -0.25) is 0 Å². The molecule has 2 aromatic heterocycles. The van der Waals surface area contributed by atoms with Crippen molar-refractivity contribution in [3.8, 4) is 0 Å². The Bertz CT molecular complexity index is 1240. The lowest BCUT2D eigenvalue weighted by molar-refractivity contribution is 0.216. The Morgan fingerprint density at radius 2 is 2.10 bits per heavy atom. The minimum Gasteiger partial charge on any atom is -0.373 e. The Kier molecular flexibility index (Phi) is 4.42. The van der Waals surface area contributed by atoms with Crippen molar-refractivity contribution < 1.29 is 4.74 Å². The molecule has 6 rings (SSSR count). The third-order valence-corrected chi connectivity index (χ3v) is 6.76. The van der Waals surface area contributed by atoms with E-state index in [4.69, 9.17) is 14.7 Å². The van der Waals surface area contributed by atoms with E-state index in [-0.39, 0.29) is 0 Å². The zero-order chi connectivity index (χ0) is 20.9. The lowest BCUT2D eigenvalue weighted by Crippen LogP contribution is -2.26. The number of ether oxygens (including phenoxy) is 1. The van der Waals surface area contributed by atoms with Crippen LogP contribution in [0.15, 0.2) is 42.1 Å². The molecule has 0 amide bonds. The first-order valence-corrected chi connectivity index (χ1v) is 11.3. The lowest BCUT2D eigenvalue weighted by Gasteiger charge is -2.26. The highest BCUT2D eigenvalue weighted by Crippen LogP contribution is 2.42. The number of nitrogens with one attached hydrogen (secondary N) is 1. The maximum absolute atomic E-state index is 5.53. The Morgan fingerprint density at radius 3 is 2.94 bits per heavy atom. The summed E-state index contributed by atoms with van der Waals surface area (Å²) >= 11 is 0. The molecule has 6 nitrogen and oxygen atoms in total. The van der Waals surface area contributed by atoms with Crippen LogP contribution in [0.2, 0.25) is 0 Å². The van der Waals surface area contributed by atoms with Crippen molar-refractivity contribution >= 4 is 22.7 Å². The number of anilines is 1. The molecule has 31 heavy (non-hydrogen) atoms. The predicted molar refractivity (Wildman–Crippen MR) is 122 cm³/mol. The minimum absolute atomic E-state index is 0.330. The second-order valence-corrected chi connectivity index (χ2v) is 9.11. The molecule has 1 N–H and O–H groups in total. The van der Waals surface area contributed by atoms with Gasteiger partial charge in [-0.2, -0.15) is 14.6 Å². The average Bonchev–Trinajstić information content (AvgIpc) is 3.51. The average molecular weight is 414 g/mol. The molecule has 1 atom stereocenters. The summed E-state index contributed by atoms with van der Waals surface area (Å²) in [5.41, 5.74) is 9.14. The first kappa shape index (κ1) is 18.8. The van der Waals surface area contributed by atoms with Gasteiger partial charge >= 0.3 is 0 Å². The number of nitrogens with zero attached hydrogens (tertiary/aromatic N) is 4. The third-order valence-electron chi connectivity index (χ3n) is 6.76. The number of fused-ring (bicyclic) bond motifs is 3. The largest absolute Gasteiger partial charge is 0.373 e. The second kappa shape index (κ2) is 7.31. The fraction of sp³-hybridized carbons (Fsp3) is 0.400. The molecule has 0 spiro atoms. The summed E-state index contributed by atoms with van der Waals surface area (Å²) in [6, 6.07) is 9.18. The number of aromatic nitrogens is 4. The van der Waals surface area contributed by atoms with Crippen LogP contribution < -0.4 is 5.32 Å². The molecule has 6 heteroatoms. The van der Waals surface area contributed by atoms with E-state index in [1.54, 1.807) is 5.57 Å². The number of rotatable bonds is 4. The predicted octanol–water partition coefficient (Wildman–Crippen LogP) is 4.64. The molecule has 0 saturated carbocycles. The molecule has 0 bridgehead atoms. The van der Waals surface area contributed by atoms with Crippen LogP contribution in [0.3, 0.4) is 0 Å². The van der Waals surface area contributed by atoms with Gasteiger partial charge in [-0.1, -0.05) is 43.7 Å². The Morgan fingerprint density at radius 1 is 1.19 bits per heavy atom. The Hall–Kier alpha value is -2.99. The summed E-state index contributed by atoms with van der Waals surface area (Å²) in [5.74, 6) is 1.87. The molecule has 1 aliphatic heterocycles. The molecule has 3 aliphatic rings. The van der Waals surface area contributed by atoms with Crippen molar-refractivity contribution in [2.75, 3.05) is 18.5 Å². The Balaban J connectivity index is 1.36. The van der Waals surface area contributed by atoms with Crippen molar-refractivity contribution in [1.82, 2.24) is 19.6 Å². The van der Waals surface area contributed by atoms with Crippen LogP contribution in [0.5, 0.6) is 0 Å². The van der Waals surface area contributed by atoms with Gasteiger partial charge in [0.05, 0.1) is 19.4 Å². The van der Waals surface area contributed by atoms with Crippen LogP contribution in [0, 0.1) is 0 Å². The second-order valence-electron chi connectivity index (χ2n) is 9.11. The van der Waals surface area contributed by atoms with E-state index in [0.717, 1.165) is 54.2 Å². The molecular formula is C25H27N5O. The minimum atomic E-state index is 0.330. The van der Waals surface area contributed by atoms with Crippen LogP contribution >= 0.6 is 0 Å². The molecule has 2 aliphatic carbocycles. The molecular weight excluding hydrogens is 386 g/mol. The highest BCUT2D eigenvalue weighted by atomic mass is 16.5. The van der Waals surface area contributed by atoms with Gasteiger partial charge in [0.1, 0.15) is 0 Å². The van der Waals surface area contributed by atoms with E-state index in [1.165, 1.54) is 16.7 Å². The Labute approximate surface area is 182 Å². The van der Waals surface area contributed by atoms with Gasteiger partial charge in [0.2, 0.25) is 5.95 Å². The third kappa shape index (κ3) is 3.17. The topological polar surface area (TPSA) is 64.3 Å². The standard InChI is InChI=1S/C25H27N5O/c1-15(2)22-13-26-30-24(22)28-23(18-9-10-31-14-18)29-25(30)27-19-8-7-17-11-16-5-3-4-6-20(16)21(17)12-19/h3-6,9,13,15,19H,7-8,10-12,14H2,1-2H3,(H,27,28,29)/t19-/m1/s1. The van der Waals surface area contributed by atoms with Crippen molar-refractivity contribution in [2.45, 2.75) is 51.5 Å². The highest BCUT2D eigenvalue weighted by molar-refractivity contribution is 5.78. The van der Waals surface area contributed by atoms with Gasteiger partial charge in [-0.05, 0) is 54.4 Å². The van der Waals surface area contributed by atoms with E-state index >= 15 is 0 Å². The van der Waals surface area contributed by atoms with E-state index in [2.05, 4.69) is 54.6 Å². The first-order valence-electron chi connectivity index (χ1n) is 11.3. The summed E-state index contributed by atoms with van der Waals surface area (Å²) in [6.07, 6.45) is 8.39. The maximum atomic E-state index is 5.53. The van der Waals surface area contributed by atoms with Crippen LogP contribution in [0.1, 0.15) is 61.5 Å². The van der Waals surface area contributed by atoms with Gasteiger partial charge in [0, 0.05) is 17.2 Å². The fourth-order valence-electron chi connectivity index (χ4n) is 5.07. The SMILES string of the molecule is CC(C)c1cnn2c(N[C@@H]3CCC4=C(C3)c3ccccc3C4)nc(C3=CCOC3)nc12. The number of hydrogen-bond donors (Lipinski definition) is 1. The molecule has 158 valence electrons. The lowest BCUT2D eigenvalue weighted by atomic mass is 9.88. The maximum Gasteiger partial charge on any atom is 0.228 e.